The lowest BCUT2D eigenvalue weighted by atomic mass is 9.80. The fraction of sp³-hybridized carbons (Fsp3) is 0.465. The number of nitrogens with two attached hydrogens (primary N) is 1. The maximum absolute atomic E-state index is 14.6. The Hall–Kier alpha value is -5.75. The van der Waals surface area contributed by atoms with Gasteiger partial charge in [-0.1, -0.05) is 63.4 Å². The van der Waals surface area contributed by atoms with E-state index in [1.54, 1.807) is 59.5 Å². The van der Waals surface area contributed by atoms with Crippen LogP contribution in [0.5, 0.6) is 11.5 Å². The van der Waals surface area contributed by atoms with Crippen LogP contribution in [0.4, 0.5) is 21.0 Å². The first-order valence-electron chi connectivity index (χ1n) is 19.9. The molecule has 1 aliphatic heterocycles. The van der Waals surface area contributed by atoms with Gasteiger partial charge in [-0.15, -0.1) is 0 Å². The summed E-state index contributed by atoms with van der Waals surface area (Å²) in [7, 11) is 2.93. The molecule has 0 aromatic heterocycles. The van der Waals surface area contributed by atoms with Crippen LogP contribution in [0.3, 0.4) is 0 Å². The van der Waals surface area contributed by atoms with Crippen LogP contribution in [0.25, 0.3) is 0 Å². The number of aliphatic carboxylic acids is 1. The van der Waals surface area contributed by atoms with Gasteiger partial charge in [0, 0.05) is 29.5 Å². The van der Waals surface area contributed by atoms with E-state index in [0.29, 0.717) is 41.3 Å². The van der Waals surface area contributed by atoms with E-state index in [2.05, 4.69) is 16.0 Å². The van der Waals surface area contributed by atoms with Gasteiger partial charge in [-0.25, -0.2) is 14.5 Å². The zero-order valence-corrected chi connectivity index (χ0v) is 34.6. The van der Waals surface area contributed by atoms with Crippen LogP contribution >= 0.6 is 0 Å². The number of aliphatic hydroxyl groups is 3. The van der Waals surface area contributed by atoms with Crippen LogP contribution in [0.2, 0.25) is 0 Å². The summed E-state index contributed by atoms with van der Waals surface area (Å²) >= 11 is 0. The number of nitrogens with one attached hydrogen (secondary N) is 3. The smallest absolute Gasteiger partial charge is 0.328 e. The average Bonchev–Trinajstić information content (AvgIpc) is 3.43. The van der Waals surface area contributed by atoms with Crippen LogP contribution in [0.15, 0.2) is 72.8 Å². The first-order chi connectivity index (χ1) is 28.6. The first kappa shape index (κ1) is 46.9. The summed E-state index contributed by atoms with van der Waals surface area (Å²) in [4.78, 5) is 70.5. The number of benzene rings is 3. The summed E-state index contributed by atoms with van der Waals surface area (Å²) in [5.41, 5.74) is 5.19. The molecule has 2 fully saturated rings. The van der Waals surface area contributed by atoms with Crippen molar-refractivity contribution in [2.24, 2.45) is 11.7 Å². The second-order valence-corrected chi connectivity index (χ2v) is 15.5. The molecule has 0 bridgehead atoms. The van der Waals surface area contributed by atoms with Gasteiger partial charge in [-0.2, -0.15) is 0 Å². The second kappa shape index (κ2) is 21.5. The van der Waals surface area contributed by atoms with E-state index in [0.717, 1.165) is 29.7 Å². The van der Waals surface area contributed by atoms with Crippen molar-refractivity contribution in [3.05, 3.63) is 83.9 Å². The van der Waals surface area contributed by atoms with Gasteiger partial charge in [0.15, 0.2) is 0 Å². The van der Waals surface area contributed by atoms with Crippen molar-refractivity contribution < 1.29 is 53.9 Å². The van der Waals surface area contributed by atoms with Crippen LogP contribution in [-0.2, 0) is 20.9 Å². The summed E-state index contributed by atoms with van der Waals surface area (Å²) < 4.78 is 10.8. The Balaban J connectivity index is 0.000000899. The normalized spacial score (nSPS) is 15.8. The molecule has 3 aromatic carbocycles. The Morgan fingerprint density at radius 3 is 1.97 bits per heavy atom. The van der Waals surface area contributed by atoms with Gasteiger partial charge in [-0.05, 0) is 67.1 Å². The molecule has 6 amide bonds. The van der Waals surface area contributed by atoms with Crippen LogP contribution < -0.4 is 31.2 Å². The third-order valence-electron chi connectivity index (χ3n) is 10.6. The van der Waals surface area contributed by atoms with Crippen molar-refractivity contribution in [1.29, 1.82) is 0 Å². The van der Waals surface area contributed by atoms with E-state index < -0.39 is 79.2 Å². The number of imide groups is 1. The number of carbonyl (C=O) groups is 5. The van der Waals surface area contributed by atoms with E-state index in [1.165, 1.54) is 14.2 Å². The van der Waals surface area contributed by atoms with Gasteiger partial charge in [0.05, 0.1) is 52.0 Å². The van der Waals surface area contributed by atoms with Crippen molar-refractivity contribution in [2.45, 2.75) is 88.5 Å². The lowest BCUT2D eigenvalue weighted by Crippen LogP contribution is -2.53. The molecular formula is C43H58N6O11. The number of anilines is 2. The number of carboxylic acids is 1. The Bertz CT molecular complexity index is 1910. The molecule has 5 rings (SSSR count). The van der Waals surface area contributed by atoms with Crippen molar-refractivity contribution in [3.63, 3.8) is 0 Å². The molecule has 1 spiro atoms. The summed E-state index contributed by atoms with van der Waals surface area (Å²) in [6, 6.07) is 17.8. The molecule has 0 radical (unpaired) electrons. The highest BCUT2D eigenvalue weighted by Crippen LogP contribution is 2.43. The molecule has 17 heteroatoms. The number of carbonyl (C=O) groups excluding carboxylic acids is 4. The summed E-state index contributed by atoms with van der Waals surface area (Å²) in [6.07, 6.45) is 3.09. The van der Waals surface area contributed by atoms with Gasteiger partial charge in [0.2, 0.25) is 5.91 Å². The number of hydrogen-bond donors (Lipinski definition) is 8. The van der Waals surface area contributed by atoms with Crippen molar-refractivity contribution in [2.75, 3.05) is 44.7 Å². The molecule has 2 aliphatic rings. The molecule has 9 N–H and O–H groups in total. The van der Waals surface area contributed by atoms with Gasteiger partial charge in [0.1, 0.15) is 23.1 Å². The SMILES string of the molecule is COc1ccc([C@H](CC(=O)O)NC(=O)[C@H](CC(C)C)N2C(=O)N(Cc3ccc(NC(=O)Nc4ccccc4)cc3)C3(CCCCC3)C2=O)c(OC)c1.NC(CO)(CO)CO. The van der Waals surface area contributed by atoms with Gasteiger partial charge in [0.25, 0.3) is 5.91 Å². The molecule has 2 atom stereocenters. The van der Waals surface area contributed by atoms with Gasteiger partial charge in [-0.3, -0.25) is 14.4 Å². The van der Waals surface area contributed by atoms with Crippen molar-refractivity contribution in [1.82, 2.24) is 15.1 Å². The molecule has 326 valence electrons. The van der Waals surface area contributed by atoms with E-state index in [9.17, 15) is 29.1 Å². The summed E-state index contributed by atoms with van der Waals surface area (Å²) in [5, 5.41) is 43.2. The molecule has 3 aromatic rings. The predicted molar refractivity (Wildman–Crippen MR) is 223 cm³/mol. The van der Waals surface area contributed by atoms with Gasteiger partial charge < -0.3 is 56.5 Å². The first-order valence-corrected chi connectivity index (χ1v) is 19.9. The number of amides is 6. The maximum atomic E-state index is 14.6. The maximum Gasteiger partial charge on any atom is 0.328 e. The van der Waals surface area contributed by atoms with Crippen molar-refractivity contribution >= 4 is 41.2 Å². The highest BCUT2D eigenvalue weighted by molar-refractivity contribution is 6.10. The zero-order valence-electron chi connectivity index (χ0n) is 34.6. The summed E-state index contributed by atoms with van der Waals surface area (Å²) in [5.74, 6) is -1.46. The lowest BCUT2D eigenvalue weighted by Gasteiger charge is -2.38. The number of carboxylic acid groups (broad SMARTS) is 1. The second-order valence-electron chi connectivity index (χ2n) is 15.5. The number of urea groups is 2. The molecular weight excluding hydrogens is 777 g/mol. The number of para-hydroxylation sites is 1. The standard InChI is InChI=1S/C39H47N5O8.C4H11NO3/c1-25(2)21-32(35(47)42-31(23-34(45)46)30-18-17-29(51-3)22-33(30)52-4)44-36(48)39(19-9-6-10-20-39)43(38(44)50)24-26-13-15-28(16-14-26)41-37(49)40-27-11-7-5-8-12-27;5-4(1-6,2-7)3-8/h5,7-8,11-18,22,25,31-32H,6,9-10,19-21,23-24H2,1-4H3,(H,42,47)(H,45,46)(H2,40,41,49);6-8H,1-3,5H2/t31-,32-;/m0./s1. The highest BCUT2D eigenvalue weighted by atomic mass is 16.5. The number of methoxy groups -OCH3 is 2. The van der Waals surface area contributed by atoms with Crippen LogP contribution in [-0.4, -0.2) is 111 Å². The Kier molecular flexibility index (Phi) is 16.8. The zero-order chi connectivity index (χ0) is 44.0. The minimum Gasteiger partial charge on any atom is -0.497 e. The molecule has 1 saturated heterocycles. The highest BCUT2D eigenvalue weighted by Gasteiger charge is 2.59. The van der Waals surface area contributed by atoms with Crippen molar-refractivity contribution in [3.8, 4) is 11.5 Å². The van der Waals surface area contributed by atoms with Crippen LogP contribution in [0, 0.1) is 5.92 Å². The fourth-order valence-electron chi connectivity index (χ4n) is 7.26. The monoisotopic (exact) mass is 834 g/mol. The number of hydrogen-bond acceptors (Lipinski definition) is 11. The van der Waals surface area contributed by atoms with E-state index >= 15 is 0 Å². The van der Waals surface area contributed by atoms with Gasteiger partial charge >= 0.3 is 18.0 Å². The molecule has 1 aliphatic carbocycles. The molecule has 60 heavy (non-hydrogen) atoms. The topological polar surface area (TPSA) is 253 Å². The molecule has 1 heterocycles. The third kappa shape index (κ3) is 11.7. The predicted octanol–water partition coefficient (Wildman–Crippen LogP) is 4.22. The Morgan fingerprint density at radius 1 is 0.850 bits per heavy atom. The summed E-state index contributed by atoms with van der Waals surface area (Å²) in [6.45, 7) is 2.71. The number of nitrogens with zero attached hydrogens (tertiary/aromatic N) is 2. The Labute approximate surface area is 349 Å². The van der Waals surface area contributed by atoms with E-state index in [4.69, 9.17) is 30.5 Å². The van der Waals surface area contributed by atoms with Crippen LogP contribution in [0.1, 0.15) is 76.0 Å². The van der Waals surface area contributed by atoms with E-state index in [-0.39, 0.29) is 18.9 Å². The number of ether oxygens (including phenoxy) is 2. The number of rotatable bonds is 17. The largest absolute Gasteiger partial charge is 0.497 e. The van der Waals surface area contributed by atoms with E-state index in [1.807, 2.05) is 32.0 Å². The molecule has 17 nitrogen and oxygen atoms in total. The minimum absolute atomic E-state index is 0.0831. The molecule has 1 saturated carbocycles. The third-order valence-corrected chi connectivity index (χ3v) is 10.6. The fourth-order valence-corrected chi connectivity index (χ4v) is 7.26. The quantitative estimate of drug-likeness (QED) is 0.0891. The average molecular weight is 835 g/mol. The molecule has 0 unspecified atom stereocenters. The lowest BCUT2D eigenvalue weighted by molar-refractivity contribution is -0.142. The number of aliphatic hydroxyl groups excluding tert-OH is 3. The Morgan fingerprint density at radius 2 is 1.45 bits per heavy atom. The minimum atomic E-state index is -1.21.